The first-order chi connectivity index (χ1) is 12.7. The van der Waals surface area contributed by atoms with Gasteiger partial charge in [-0.05, 0) is 32.6 Å². The molecule has 0 saturated carbocycles. The van der Waals surface area contributed by atoms with Gasteiger partial charge < -0.3 is 0 Å². The largest absolute Gasteiger partial charge is 0.279 e. The summed E-state index contributed by atoms with van der Waals surface area (Å²) >= 11 is 3.34. The Labute approximate surface area is 160 Å². The van der Waals surface area contributed by atoms with Crippen molar-refractivity contribution in [3.63, 3.8) is 0 Å². The number of halogens is 1. The maximum absolute atomic E-state index is 8.07. The zero-order valence-corrected chi connectivity index (χ0v) is 15.5. The van der Waals surface area contributed by atoms with Crippen LogP contribution in [0, 0.1) is 0 Å². The van der Waals surface area contributed by atoms with Crippen molar-refractivity contribution in [3.05, 3.63) is 112 Å². The molecule has 0 unspecified atom stereocenters. The van der Waals surface area contributed by atoms with Crippen molar-refractivity contribution in [1.29, 1.82) is 0 Å². The molecule has 0 aliphatic heterocycles. The third-order valence-electron chi connectivity index (χ3n) is 4.45. The number of benzene rings is 3. The highest BCUT2D eigenvalue weighted by atomic mass is 79.9. The second kappa shape index (κ2) is 6.77. The SMILES string of the molecule is [NH]c1nn(C(c2ccccc2)(c2ccccc2)c2ccccc2)nc1Br. The predicted octanol–water partition coefficient (Wildman–Crippen LogP) is 4.80. The van der Waals surface area contributed by atoms with Crippen LogP contribution in [0.3, 0.4) is 0 Å². The van der Waals surface area contributed by atoms with E-state index >= 15 is 0 Å². The Morgan fingerprint density at radius 3 is 1.35 bits per heavy atom. The number of nitrogens with zero attached hydrogens (tertiary/aromatic N) is 3. The third kappa shape index (κ3) is 2.61. The van der Waals surface area contributed by atoms with E-state index in [0.29, 0.717) is 4.60 Å². The van der Waals surface area contributed by atoms with E-state index in [9.17, 15) is 0 Å². The second-order valence-electron chi connectivity index (χ2n) is 5.94. The summed E-state index contributed by atoms with van der Waals surface area (Å²) in [5.74, 6) is 0.108. The molecule has 0 amide bonds. The van der Waals surface area contributed by atoms with Gasteiger partial charge in [-0.25, -0.2) is 0 Å². The second-order valence-corrected chi connectivity index (χ2v) is 6.69. The van der Waals surface area contributed by atoms with Gasteiger partial charge in [-0.2, -0.15) is 4.80 Å². The van der Waals surface area contributed by atoms with Gasteiger partial charge in [-0.1, -0.05) is 91.0 Å². The fourth-order valence-corrected chi connectivity index (χ4v) is 3.55. The van der Waals surface area contributed by atoms with E-state index in [-0.39, 0.29) is 5.82 Å². The molecule has 4 rings (SSSR count). The Kier molecular flexibility index (Phi) is 4.31. The summed E-state index contributed by atoms with van der Waals surface area (Å²) in [4.78, 5) is 1.64. The van der Waals surface area contributed by atoms with Crippen molar-refractivity contribution < 1.29 is 0 Å². The fourth-order valence-electron chi connectivity index (χ4n) is 3.32. The first-order valence-electron chi connectivity index (χ1n) is 8.24. The molecular weight excluding hydrogens is 388 g/mol. The van der Waals surface area contributed by atoms with Gasteiger partial charge in [0.1, 0.15) is 0 Å². The predicted molar refractivity (Wildman–Crippen MR) is 105 cm³/mol. The molecule has 1 N–H and O–H groups in total. The summed E-state index contributed by atoms with van der Waals surface area (Å²) < 4.78 is 0.421. The van der Waals surface area contributed by atoms with Gasteiger partial charge in [-0.15, -0.1) is 10.2 Å². The van der Waals surface area contributed by atoms with Crippen LogP contribution in [0.15, 0.2) is 95.6 Å². The Morgan fingerprint density at radius 2 is 1.04 bits per heavy atom. The minimum Gasteiger partial charge on any atom is -0.279 e. The smallest absolute Gasteiger partial charge is 0.201 e. The van der Waals surface area contributed by atoms with Gasteiger partial charge >= 0.3 is 0 Å². The number of hydrogen-bond acceptors (Lipinski definition) is 2. The lowest BCUT2D eigenvalue weighted by molar-refractivity contribution is 0.403. The summed E-state index contributed by atoms with van der Waals surface area (Å²) in [5, 5.41) is 8.98. The van der Waals surface area contributed by atoms with Crippen molar-refractivity contribution in [1.82, 2.24) is 20.7 Å². The Hall–Kier alpha value is -2.92. The van der Waals surface area contributed by atoms with E-state index in [4.69, 9.17) is 5.73 Å². The molecule has 127 valence electrons. The Balaban J connectivity index is 2.14. The highest BCUT2D eigenvalue weighted by molar-refractivity contribution is 9.10. The van der Waals surface area contributed by atoms with E-state index in [1.54, 1.807) is 4.80 Å². The molecule has 0 saturated heterocycles. The number of aromatic nitrogens is 3. The summed E-state index contributed by atoms with van der Waals surface area (Å²) in [5.41, 5.74) is 10.4. The highest BCUT2D eigenvalue weighted by Gasteiger charge is 2.41. The van der Waals surface area contributed by atoms with Gasteiger partial charge in [0.15, 0.2) is 10.1 Å². The van der Waals surface area contributed by atoms with Crippen LogP contribution >= 0.6 is 15.9 Å². The van der Waals surface area contributed by atoms with Crippen molar-refractivity contribution >= 4 is 21.7 Å². The van der Waals surface area contributed by atoms with Gasteiger partial charge in [-0.3, -0.25) is 5.73 Å². The van der Waals surface area contributed by atoms with Crippen LogP contribution < -0.4 is 5.73 Å². The van der Waals surface area contributed by atoms with Crippen LogP contribution in [-0.2, 0) is 5.54 Å². The molecule has 0 fully saturated rings. The number of hydrogen-bond donors (Lipinski definition) is 0. The first kappa shape index (κ1) is 16.5. The lowest BCUT2D eigenvalue weighted by Crippen LogP contribution is -2.39. The van der Waals surface area contributed by atoms with Crippen LogP contribution in [0.2, 0.25) is 0 Å². The average Bonchev–Trinajstić information content (AvgIpc) is 3.04. The standard InChI is InChI=1S/C21H16BrN4/c22-19-20(23)25-26(24-19)21(16-10-4-1-5-11-16,17-12-6-2-7-13-17)18-14-8-3-9-15-18/h1-15,23H. The van der Waals surface area contributed by atoms with Crippen LogP contribution in [-0.4, -0.2) is 15.0 Å². The van der Waals surface area contributed by atoms with Crippen molar-refractivity contribution in [2.45, 2.75) is 5.54 Å². The molecule has 0 bridgehead atoms. The minimum absolute atomic E-state index is 0.108. The molecule has 1 heterocycles. The van der Waals surface area contributed by atoms with Crippen LogP contribution in [0.4, 0.5) is 5.82 Å². The normalized spacial score (nSPS) is 11.4. The van der Waals surface area contributed by atoms with E-state index in [1.165, 1.54) is 0 Å². The van der Waals surface area contributed by atoms with Crippen LogP contribution in [0.25, 0.3) is 0 Å². The lowest BCUT2D eigenvalue weighted by atomic mass is 9.77. The molecule has 1 aromatic heterocycles. The monoisotopic (exact) mass is 403 g/mol. The summed E-state index contributed by atoms with van der Waals surface area (Å²) in [6.07, 6.45) is 0. The highest BCUT2D eigenvalue weighted by Crippen LogP contribution is 2.40. The number of rotatable bonds is 4. The molecule has 1 radical (unpaired) electrons. The molecule has 0 atom stereocenters. The summed E-state index contributed by atoms with van der Waals surface area (Å²) in [6.45, 7) is 0. The number of nitrogens with one attached hydrogen (secondary N) is 1. The quantitative estimate of drug-likeness (QED) is 0.459. The average molecular weight is 404 g/mol. The molecule has 3 aromatic carbocycles. The van der Waals surface area contributed by atoms with Gasteiger partial charge in [0.2, 0.25) is 5.82 Å². The first-order valence-corrected chi connectivity index (χ1v) is 9.03. The fraction of sp³-hybridized carbons (Fsp3) is 0.0476. The molecule has 0 aliphatic rings. The topological polar surface area (TPSA) is 54.5 Å². The van der Waals surface area contributed by atoms with Gasteiger partial charge in [0.05, 0.1) is 0 Å². The maximum Gasteiger partial charge on any atom is 0.201 e. The molecule has 4 aromatic rings. The molecular formula is C21H16BrN4. The summed E-state index contributed by atoms with van der Waals surface area (Å²) in [7, 11) is 0. The zero-order valence-electron chi connectivity index (χ0n) is 13.9. The lowest BCUT2D eigenvalue weighted by Gasteiger charge is -2.34. The molecule has 0 spiro atoms. The van der Waals surface area contributed by atoms with Crippen molar-refractivity contribution in [3.8, 4) is 0 Å². The van der Waals surface area contributed by atoms with Crippen LogP contribution in [0.5, 0.6) is 0 Å². The molecule has 4 nitrogen and oxygen atoms in total. The molecule has 26 heavy (non-hydrogen) atoms. The third-order valence-corrected chi connectivity index (χ3v) is 4.98. The maximum atomic E-state index is 8.07. The Bertz CT molecular complexity index is 882. The minimum atomic E-state index is -0.772. The van der Waals surface area contributed by atoms with Crippen LogP contribution in [0.1, 0.15) is 16.7 Å². The Morgan fingerprint density at radius 1 is 0.654 bits per heavy atom. The van der Waals surface area contributed by atoms with E-state index in [0.717, 1.165) is 16.7 Å². The molecule has 0 aliphatic carbocycles. The molecule has 5 heteroatoms. The van der Waals surface area contributed by atoms with Crippen molar-refractivity contribution in [2.24, 2.45) is 0 Å². The van der Waals surface area contributed by atoms with E-state index in [2.05, 4.69) is 62.5 Å². The van der Waals surface area contributed by atoms with Crippen molar-refractivity contribution in [2.75, 3.05) is 0 Å². The zero-order chi connectivity index (χ0) is 18.0. The van der Waals surface area contributed by atoms with E-state index in [1.807, 2.05) is 54.6 Å². The van der Waals surface area contributed by atoms with Gasteiger partial charge in [0.25, 0.3) is 0 Å². The van der Waals surface area contributed by atoms with Gasteiger partial charge in [0, 0.05) is 0 Å². The summed E-state index contributed by atoms with van der Waals surface area (Å²) in [6, 6.07) is 30.5. The van der Waals surface area contributed by atoms with E-state index < -0.39 is 5.54 Å².